The van der Waals surface area contributed by atoms with Gasteiger partial charge in [-0.1, -0.05) is 56.3 Å². The Balaban J connectivity index is 1.77. The Bertz CT molecular complexity index is 1570. The summed E-state index contributed by atoms with van der Waals surface area (Å²) in [6.07, 6.45) is 2.15. The van der Waals surface area contributed by atoms with Crippen LogP contribution in [0.1, 0.15) is 30.5 Å². The van der Waals surface area contributed by atoms with Gasteiger partial charge in [0.2, 0.25) is 5.69 Å². The third-order valence-electron chi connectivity index (χ3n) is 7.67. The Hall–Kier alpha value is -3.65. The van der Waals surface area contributed by atoms with Gasteiger partial charge in [0, 0.05) is 52.3 Å². The van der Waals surface area contributed by atoms with Crippen LogP contribution in [-0.2, 0) is 19.5 Å². The van der Waals surface area contributed by atoms with E-state index in [1.807, 2.05) is 0 Å². The molecule has 33 heavy (non-hydrogen) atoms. The number of pyridine rings is 1. The van der Waals surface area contributed by atoms with Crippen LogP contribution in [-0.4, -0.2) is 4.57 Å². The van der Waals surface area contributed by atoms with E-state index in [1.165, 1.54) is 61.2 Å². The van der Waals surface area contributed by atoms with Gasteiger partial charge in [-0.3, -0.25) is 0 Å². The van der Waals surface area contributed by atoms with Gasteiger partial charge in [-0.25, -0.2) is 4.57 Å². The van der Waals surface area contributed by atoms with E-state index >= 15 is 0 Å². The van der Waals surface area contributed by atoms with Crippen molar-refractivity contribution >= 4 is 10.9 Å². The van der Waals surface area contributed by atoms with Gasteiger partial charge in [-0.05, 0) is 53.4 Å². The molecule has 0 fully saturated rings. The van der Waals surface area contributed by atoms with E-state index in [9.17, 15) is 0 Å². The Morgan fingerprint density at radius 1 is 0.758 bits per heavy atom. The number of nitrogens with zero attached hydrogens (tertiary/aromatic N) is 2. The third-order valence-corrected chi connectivity index (χ3v) is 7.67. The zero-order valence-corrected chi connectivity index (χ0v) is 20.0. The molecule has 0 radical (unpaired) electrons. The van der Waals surface area contributed by atoms with Crippen molar-refractivity contribution in [2.75, 3.05) is 0 Å². The zero-order chi connectivity index (χ0) is 22.9. The molecule has 0 N–H and O–H groups in total. The van der Waals surface area contributed by atoms with Gasteiger partial charge in [0.15, 0.2) is 6.20 Å². The van der Waals surface area contributed by atoms with Crippen molar-refractivity contribution in [3.8, 4) is 33.6 Å². The Morgan fingerprint density at radius 2 is 1.48 bits per heavy atom. The average molecular weight is 430 g/mol. The van der Waals surface area contributed by atoms with Crippen LogP contribution in [0, 0.1) is 6.92 Å². The smallest absolute Gasteiger partial charge is 0.213 e. The second kappa shape index (κ2) is 6.92. The topological polar surface area (TPSA) is 8.81 Å². The van der Waals surface area contributed by atoms with E-state index in [4.69, 9.17) is 0 Å². The van der Waals surface area contributed by atoms with Crippen LogP contribution in [0.2, 0.25) is 0 Å². The van der Waals surface area contributed by atoms with Crippen molar-refractivity contribution in [2.45, 2.75) is 26.2 Å². The summed E-state index contributed by atoms with van der Waals surface area (Å²) in [5.41, 5.74) is 13.3. The molecule has 0 aliphatic heterocycles. The molecule has 1 aliphatic carbocycles. The molecule has 0 spiro atoms. The van der Waals surface area contributed by atoms with Crippen molar-refractivity contribution in [3.05, 3.63) is 102 Å². The van der Waals surface area contributed by atoms with Crippen LogP contribution in [0.25, 0.3) is 44.5 Å². The highest BCUT2D eigenvalue weighted by atomic mass is 14.9. The molecular formula is C31H29N2+. The molecule has 5 aromatic rings. The van der Waals surface area contributed by atoms with Gasteiger partial charge in [-0.15, -0.1) is 0 Å². The molecule has 0 saturated carbocycles. The number of rotatable bonds is 2. The standard InChI is InChI=1S/C31H29N2/c1-20-23(28-18-21-12-6-9-15-26(21)33(28)5)19-25-30(29(20)27-16-10-11-17-32(27)4)22-13-7-8-14-24(22)31(25,2)3/h6-19H,1-5H3/q+1. The average Bonchev–Trinajstić information content (AvgIpc) is 3.26. The molecule has 1 aliphatic rings. The van der Waals surface area contributed by atoms with E-state index < -0.39 is 0 Å². The first-order valence-corrected chi connectivity index (χ1v) is 11.7. The molecule has 0 unspecified atom stereocenters. The lowest BCUT2D eigenvalue weighted by atomic mass is 9.80. The summed E-state index contributed by atoms with van der Waals surface area (Å²) in [4.78, 5) is 0. The summed E-state index contributed by atoms with van der Waals surface area (Å²) < 4.78 is 4.59. The molecule has 6 rings (SSSR count). The summed E-state index contributed by atoms with van der Waals surface area (Å²) in [6.45, 7) is 7.03. The van der Waals surface area contributed by atoms with Gasteiger partial charge in [0.25, 0.3) is 0 Å². The van der Waals surface area contributed by atoms with Gasteiger partial charge >= 0.3 is 0 Å². The van der Waals surface area contributed by atoms with Crippen molar-refractivity contribution in [3.63, 3.8) is 0 Å². The minimum Gasteiger partial charge on any atom is -0.344 e. The highest BCUT2D eigenvalue weighted by Gasteiger charge is 2.39. The molecule has 2 heterocycles. The predicted molar refractivity (Wildman–Crippen MR) is 137 cm³/mol. The maximum atomic E-state index is 2.46. The molecule has 3 aromatic carbocycles. The van der Waals surface area contributed by atoms with Crippen molar-refractivity contribution < 1.29 is 4.57 Å². The van der Waals surface area contributed by atoms with Gasteiger partial charge < -0.3 is 4.57 Å². The van der Waals surface area contributed by atoms with Crippen LogP contribution in [0.15, 0.2) is 85.1 Å². The quantitative estimate of drug-likeness (QED) is 0.268. The van der Waals surface area contributed by atoms with Gasteiger partial charge in [0.05, 0.1) is 5.56 Å². The normalized spacial score (nSPS) is 13.8. The maximum absolute atomic E-state index is 2.46. The van der Waals surface area contributed by atoms with Crippen molar-refractivity contribution in [1.82, 2.24) is 4.57 Å². The second-order valence-electron chi connectivity index (χ2n) is 9.86. The molecule has 2 nitrogen and oxygen atoms in total. The highest BCUT2D eigenvalue weighted by Crippen LogP contribution is 2.54. The monoisotopic (exact) mass is 429 g/mol. The van der Waals surface area contributed by atoms with Gasteiger partial charge in [-0.2, -0.15) is 0 Å². The third kappa shape index (κ3) is 2.70. The minimum atomic E-state index is -0.0545. The fraction of sp³-hybridized carbons (Fsp3) is 0.194. The SMILES string of the molecule is Cc1c(-c2cc3ccccc3n2C)cc2c(c1-c1cccc[n+]1C)-c1ccccc1C2(C)C. The number of fused-ring (bicyclic) bond motifs is 4. The lowest BCUT2D eigenvalue weighted by Crippen LogP contribution is -2.30. The van der Waals surface area contributed by atoms with Crippen LogP contribution in [0.5, 0.6) is 0 Å². The van der Waals surface area contributed by atoms with Gasteiger partial charge in [0.1, 0.15) is 7.05 Å². The maximum Gasteiger partial charge on any atom is 0.213 e. The molecular weight excluding hydrogens is 400 g/mol. The lowest BCUT2D eigenvalue weighted by molar-refractivity contribution is -0.660. The summed E-state index contributed by atoms with van der Waals surface area (Å²) >= 11 is 0. The minimum absolute atomic E-state index is 0.0545. The van der Waals surface area contributed by atoms with Crippen molar-refractivity contribution in [2.24, 2.45) is 14.1 Å². The predicted octanol–water partition coefficient (Wildman–Crippen LogP) is 6.95. The van der Waals surface area contributed by atoms with Crippen LogP contribution in [0.3, 0.4) is 0 Å². The first kappa shape index (κ1) is 20.0. The largest absolute Gasteiger partial charge is 0.344 e. The molecule has 0 amide bonds. The summed E-state index contributed by atoms with van der Waals surface area (Å²) in [5.74, 6) is 0. The van der Waals surface area contributed by atoms with E-state index in [0.717, 1.165) is 0 Å². The number of hydrogen-bond acceptors (Lipinski definition) is 0. The summed E-state index contributed by atoms with van der Waals surface area (Å²) in [5, 5.41) is 1.28. The number of aromatic nitrogens is 2. The Labute approximate surface area is 195 Å². The summed E-state index contributed by atoms with van der Waals surface area (Å²) in [6, 6.07) is 28.9. The summed E-state index contributed by atoms with van der Waals surface area (Å²) in [7, 11) is 4.34. The second-order valence-corrected chi connectivity index (χ2v) is 9.86. The molecule has 162 valence electrons. The fourth-order valence-electron chi connectivity index (χ4n) is 5.86. The number of hydrogen-bond donors (Lipinski definition) is 0. The Morgan fingerprint density at radius 3 is 2.27 bits per heavy atom. The first-order valence-electron chi connectivity index (χ1n) is 11.7. The van der Waals surface area contributed by atoms with E-state index in [1.54, 1.807) is 0 Å². The molecule has 0 atom stereocenters. The molecule has 2 aromatic heterocycles. The number of benzene rings is 3. The number of aryl methyl sites for hydroxylation is 2. The Kier molecular flexibility index (Phi) is 4.19. The van der Waals surface area contributed by atoms with Crippen LogP contribution in [0.4, 0.5) is 0 Å². The lowest BCUT2D eigenvalue weighted by Gasteiger charge is -2.24. The molecule has 0 saturated heterocycles. The van der Waals surface area contributed by atoms with E-state index in [-0.39, 0.29) is 5.41 Å². The van der Waals surface area contributed by atoms with Crippen molar-refractivity contribution in [1.29, 1.82) is 0 Å². The van der Waals surface area contributed by atoms with Crippen LogP contribution < -0.4 is 4.57 Å². The van der Waals surface area contributed by atoms with E-state index in [0.29, 0.717) is 0 Å². The highest BCUT2D eigenvalue weighted by molar-refractivity contribution is 5.97. The zero-order valence-electron chi connectivity index (χ0n) is 20.0. The molecule has 2 heteroatoms. The first-order chi connectivity index (χ1) is 15.9. The van der Waals surface area contributed by atoms with E-state index in [2.05, 4.69) is 129 Å². The number of para-hydroxylation sites is 1. The fourth-order valence-corrected chi connectivity index (χ4v) is 5.86. The van der Waals surface area contributed by atoms with Crippen LogP contribution >= 0.6 is 0 Å². The molecule has 0 bridgehead atoms.